The predicted molar refractivity (Wildman–Crippen MR) is 58.3 cm³/mol. The fourth-order valence-electron chi connectivity index (χ4n) is 3.19. The number of rotatable bonds is 3. The van der Waals surface area contributed by atoms with Gasteiger partial charge in [0.2, 0.25) is 0 Å². The molecule has 1 N–H and O–H groups in total. The molecule has 1 aliphatic carbocycles. The minimum atomic E-state index is 0.357. The van der Waals surface area contributed by atoms with E-state index in [1.54, 1.807) is 0 Å². The molecule has 0 bridgehead atoms. The Balaban J connectivity index is 1.89. The molecule has 0 spiro atoms. The Morgan fingerprint density at radius 2 is 2.00 bits per heavy atom. The van der Waals surface area contributed by atoms with Crippen LogP contribution in [0, 0.1) is 5.41 Å². The number of hydrogen-bond acceptors (Lipinski definition) is 2. The number of nitrogens with zero attached hydrogens (tertiary/aromatic N) is 1. The molecule has 0 aromatic rings. The van der Waals surface area contributed by atoms with Gasteiger partial charge in [-0.05, 0) is 37.6 Å². The first-order chi connectivity index (χ1) is 6.73. The Morgan fingerprint density at radius 3 is 2.64 bits per heavy atom. The van der Waals surface area contributed by atoms with Crippen molar-refractivity contribution in [3.63, 3.8) is 0 Å². The Labute approximate surface area is 87.3 Å². The molecule has 1 saturated heterocycles. The van der Waals surface area contributed by atoms with Gasteiger partial charge < -0.3 is 5.11 Å². The van der Waals surface area contributed by atoms with Crippen molar-refractivity contribution in [1.29, 1.82) is 0 Å². The number of hydrogen-bond donors (Lipinski definition) is 1. The van der Waals surface area contributed by atoms with Crippen LogP contribution in [0.15, 0.2) is 0 Å². The van der Waals surface area contributed by atoms with Crippen LogP contribution in [-0.4, -0.2) is 35.7 Å². The lowest BCUT2D eigenvalue weighted by atomic mass is 9.88. The predicted octanol–water partition coefficient (Wildman–Crippen LogP) is 2.02. The molecule has 0 radical (unpaired) electrons. The summed E-state index contributed by atoms with van der Waals surface area (Å²) >= 11 is 0. The van der Waals surface area contributed by atoms with E-state index in [1.807, 2.05) is 0 Å². The lowest BCUT2D eigenvalue weighted by Gasteiger charge is -2.32. The average molecular weight is 197 g/mol. The molecule has 2 rings (SSSR count). The largest absolute Gasteiger partial charge is 0.395 e. The highest BCUT2D eigenvalue weighted by Crippen LogP contribution is 2.39. The minimum Gasteiger partial charge on any atom is -0.395 e. The van der Waals surface area contributed by atoms with Crippen LogP contribution in [0.25, 0.3) is 0 Å². The van der Waals surface area contributed by atoms with Crippen molar-refractivity contribution in [2.24, 2.45) is 5.41 Å². The van der Waals surface area contributed by atoms with Crippen LogP contribution in [0.2, 0.25) is 0 Å². The van der Waals surface area contributed by atoms with Gasteiger partial charge in [-0.25, -0.2) is 0 Å². The molecule has 2 aliphatic rings. The highest BCUT2D eigenvalue weighted by Gasteiger charge is 2.34. The van der Waals surface area contributed by atoms with Crippen LogP contribution in [0.3, 0.4) is 0 Å². The molecule has 2 nitrogen and oxygen atoms in total. The third-order valence-electron chi connectivity index (χ3n) is 4.11. The Hall–Kier alpha value is -0.0800. The van der Waals surface area contributed by atoms with Crippen LogP contribution in [-0.2, 0) is 0 Å². The first-order valence-electron chi connectivity index (χ1n) is 6.08. The first kappa shape index (κ1) is 10.4. The molecule has 82 valence electrons. The summed E-state index contributed by atoms with van der Waals surface area (Å²) in [5.74, 6) is 0. The van der Waals surface area contributed by atoms with E-state index in [-0.39, 0.29) is 0 Å². The van der Waals surface area contributed by atoms with Gasteiger partial charge in [-0.2, -0.15) is 0 Å². The summed E-state index contributed by atoms with van der Waals surface area (Å²) in [5.41, 5.74) is 0.553. The molecule has 1 aliphatic heterocycles. The number of aliphatic hydroxyl groups excluding tert-OH is 1. The van der Waals surface area contributed by atoms with Gasteiger partial charge in [0.1, 0.15) is 0 Å². The van der Waals surface area contributed by atoms with Crippen LogP contribution in [0.4, 0.5) is 0 Å². The maximum absolute atomic E-state index is 9.25. The molecule has 1 atom stereocenters. The van der Waals surface area contributed by atoms with Crippen molar-refractivity contribution in [2.45, 2.75) is 51.5 Å². The van der Waals surface area contributed by atoms with Gasteiger partial charge in [0, 0.05) is 12.6 Å². The van der Waals surface area contributed by atoms with E-state index in [0.29, 0.717) is 18.1 Å². The lowest BCUT2D eigenvalue weighted by molar-refractivity contribution is 0.112. The van der Waals surface area contributed by atoms with Gasteiger partial charge in [0.05, 0.1) is 6.61 Å². The molecule has 0 aromatic carbocycles. The summed E-state index contributed by atoms with van der Waals surface area (Å²) in [6, 6.07) is 0.465. The quantitative estimate of drug-likeness (QED) is 0.748. The highest BCUT2D eigenvalue weighted by atomic mass is 16.3. The Morgan fingerprint density at radius 1 is 1.29 bits per heavy atom. The SMILES string of the molecule is CC1(CN2CCCC2CO)CCCC1. The van der Waals surface area contributed by atoms with Gasteiger partial charge in [-0.1, -0.05) is 19.8 Å². The summed E-state index contributed by atoms with van der Waals surface area (Å²) < 4.78 is 0. The minimum absolute atomic E-state index is 0.357. The molecule has 1 saturated carbocycles. The summed E-state index contributed by atoms with van der Waals surface area (Å²) in [6.07, 6.45) is 8.08. The summed E-state index contributed by atoms with van der Waals surface area (Å²) in [7, 11) is 0. The first-order valence-corrected chi connectivity index (χ1v) is 6.08. The smallest absolute Gasteiger partial charge is 0.0586 e. The van der Waals surface area contributed by atoms with Crippen LogP contribution < -0.4 is 0 Å². The third kappa shape index (κ3) is 2.12. The zero-order valence-electron chi connectivity index (χ0n) is 9.34. The van der Waals surface area contributed by atoms with Crippen molar-refractivity contribution in [1.82, 2.24) is 4.90 Å². The van der Waals surface area contributed by atoms with Crippen LogP contribution >= 0.6 is 0 Å². The van der Waals surface area contributed by atoms with Crippen molar-refractivity contribution in [2.75, 3.05) is 19.7 Å². The van der Waals surface area contributed by atoms with E-state index in [9.17, 15) is 5.11 Å². The Kier molecular flexibility index (Phi) is 3.13. The van der Waals surface area contributed by atoms with Crippen molar-refractivity contribution in [3.05, 3.63) is 0 Å². The molecule has 2 fully saturated rings. The second-order valence-electron chi connectivity index (χ2n) is 5.47. The van der Waals surface area contributed by atoms with Gasteiger partial charge in [0.15, 0.2) is 0 Å². The summed E-state index contributed by atoms with van der Waals surface area (Å²) in [5, 5.41) is 9.25. The summed E-state index contributed by atoms with van der Waals surface area (Å²) in [6.45, 7) is 5.21. The standard InChI is InChI=1S/C12H23NO/c1-12(6-2-3-7-12)10-13-8-4-5-11(13)9-14/h11,14H,2-10H2,1H3. The van der Waals surface area contributed by atoms with Crippen LogP contribution in [0.5, 0.6) is 0 Å². The van der Waals surface area contributed by atoms with Gasteiger partial charge in [-0.3, -0.25) is 4.90 Å². The average Bonchev–Trinajstić information content (AvgIpc) is 2.75. The fourth-order valence-corrected chi connectivity index (χ4v) is 3.19. The van der Waals surface area contributed by atoms with E-state index in [1.165, 1.54) is 51.6 Å². The maximum atomic E-state index is 9.25. The number of likely N-dealkylation sites (tertiary alicyclic amines) is 1. The summed E-state index contributed by atoms with van der Waals surface area (Å²) in [4.78, 5) is 2.52. The van der Waals surface area contributed by atoms with Gasteiger partial charge in [-0.15, -0.1) is 0 Å². The normalized spacial score (nSPS) is 32.6. The second kappa shape index (κ2) is 4.19. The zero-order chi connectivity index (χ0) is 10.0. The van der Waals surface area contributed by atoms with Crippen molar-refractivity contribution >= 4 is 0 Å². The van der Waals surface area contributed by atoms with E-state index in [4.69, 9.17) is 0 Å². The molecule has 1 heterocycles. The van der Waals surface area contributed by atoms with E-state index in [2.05, 4.69) is 11.8 Å². The third-order valence-corrected chi connectivity index (χ3v) is 4.11. The van der Waals surface area contributed by atoms with Gasteiger partial charge in [0.25, 0.3) is 0 Å². The second-order valence-corrected chi connectivity index (χ2v) is 5.47. The molecular weight excluding hydrogens is 174 g/mol. The molecule has 0 aromatic heterocycles. The van der Waals surface area contributed by atoms with E-state index < -0.39 is 0 Å². The lowest BCUT2D eigenvalue weighted by Crippen LogP contribution is -2.39. The maximum Gasteiger partial charge on any atom is 0.0586 e. The van der Waals surface area contributed by atoms with Crippen molar-refractivity contribution < 1.29 is 5.11 Å². The van der Waals surface area contributed by atoms with Crippen LogP contribution in [0.1, 0.15) is 45.4 Å². The fraction of sp³-hybridized carbons (Fsp3) is 1.00. The molecule has 14 heavy (non-hydrogen) atoms. The molecule has 2 heteroatoms. The molecule has 1 unspecified atom stereocenters. The molecular formula is C12H23NO. The van der Waals surface area contributed by atoms with Gasteiger partial charge >= 0.3 is 0 Å². The highest BCUT2D eigenvalue weighted by molar-refractivity contribution is 4.88. The number of aliphatic hydroxyl groups is 1. The van der Waals surface area contributed by atoms with E-state index in [0.717, 1.165) is 0 Å². The topological polar surface area (TPSA) is 23.5 Å². The Bertz CT molecular complexity index is 187. The van der Waals surface area contributed by atoms with E-state index >= 15 is 0 Å². The van der Waals surface area contributed by atoms with Crippen molar-refractivity contribution in [3.8, 4) is 0 Å². The monoisotopic (exact) mass is 197 g/mol. The zero-order valence-corrected chi connectivity index (χ0v) is 9.34. The molecule has 0 amide bonds.